The van der Waals surface area contributed by atoms with Crippen molar-refractivity contribution < 1.29 is 9.53 Å². The number of anilines is 1. The van der Waals surface area contributed by atoms with E-state index in [1.807, 2.05) is 0 Å². The summed E-state index contributed by atoms with van der Waals surface area (Å²) in [5.41, 5.74) is 0.572. The minimum atomic E-state index is -0.506. The van der Waals surface area contributed by atoms with Crippen molar-refractivity contribution in [2.45, 2.75) is 26.4 Å². The fourth-order valence-corrected chi connectivity index (χ4v) is 0.965. The van der Waals surface area contributed by atoms with Gasteiger partial charge in [0.1, 0.15) is 5.60 Å². The van der Waals surface area contributed by atoms with Crippen LogP contribution in [0.5, 0.6) is 0 Å². The topological polar surface area (TPSA) is 51.2 Å². The van der Waals surface area contributed by atoms with Gasteiger partial charge in [0.05, 0.1) is 11.4 Å². The van der Waals surface area contributed by atoms with Crippen LogP contribution in [0.2, 0.25) is 0 Å². The summed E-state index contributed by atoms with van der Waals surface area (Å²) in [6.07, 6.45) is 1.11. The molecule has 1 aromatic heterocycles. The number of rotatable bonds is 1. The van der Waals surface area contributed by atoms with Gasteiger partial charge in [0, 0.05) is 6.20 Å². The highest BCUT2D eigenvalue weighted by atomic mass is 16.6. The van der Waals surface area contributed by atoms with Gasteiger partial charge in [-0.2, -0.15) is 0 Å². The number of pyridine rings is 1. The third-order valence-electron chi connectivity index (χ3n) is 1.53. The molecule has 1 radical (unpaired) electrons. The highest BCUT2D eigenvalue weighted by Gasteiger charge is 2.16. The molecule has 1 N–H and O–H groups in total. The smallest absolute Gasteiger partial charge is 0.412 e. The lowest BCUT2D eigenvalue weighted by Gasteiger charge is -2.19. The molecule has 0 fully saturated rings. The third kappa shape index (κ3) is 3.97. The van der Waals surface area contributed by atoms with E-state index >= 15 is 0 Å². The largest absolute Gasteiger partial charge is 0.444 e. The molecule has 4 nitrogen and oxygen atoms in total. The van der Waals surface area contributed by atoms with E-state index in [9.17, 15) is 4.79 Å². The van der Waals surface area contributed by atoms with Crippen LogP contribution in [0, 0.1) is 6.92 Å². The summed E-state index contributed by atoms with van der Waals surface area (Å²) in [6.45, 7) is 9.11. The molecule has 0 aliphatic carbocycles. The fraction of sp³-hybridized carbons (Fsp3) is 0.364. The fourth-order valence-electron chi connectivity index (χ4n) is 0.965. The highest BCUT2D eigenvalue weighted by molar-refractivity contribution is 5.85. The van der Waals surface area contributed by atoms with Gasteiger partial charge in [0.25, 0.3) is 0 Å². The lowest BCUT2D eigenvalue weighted by Crippen LogP contribution is -2.27. The number of hydrogen-bond donors (Lipinski definition) is 1. The first-order valence-electron chi connectivity index (χ1n) is 4.65. The van der Waals surface area contributed by atoms with E-state index in [1.54, 1.807) is 39.1 Å². The molecule has 81 valence electrons. The van der Waals surface area contributed by atoms with Crippen molar-refractivity contribution in [2.75, 3.05) is 5.32 Å². The summed E-state index contributed by atoms with van der Waals surface area (Å²) in [4.78, 5) is 15.3. The zero-order valence-corrected chi connectivity index (χ0v) is 9.20. The van der Waals surface area contributed by atoms with Gasteiger partial charge in [-0.15, -0.1) is 0 Å². The molecule has 0 aliphatic rings. The van der Waals surface area contributed by atoms with E-state index in [2.05, 4.69) is 17.2 Å². The predicted molar refractivity (Wildman–Crippen MR) is 58.6 cm³/mol. The highest BCUT2D eigenvalue weighted by Crippen LogP contribution is 2.13. The van der Waals surface area contributed by atoms with Gasteiger partial charge in [-0.25, -0.2) is 4.79 Å². The Morgan fingerprint density at radius 2 is 2.20 bits per heavy atom. The molecule has 1 amide bonds. The Hall–Kier alpha value is -1.58. The van der Waals surface area contributed by atoms with Gasteiger partial charge >= 0.3 is 6.09 Å². The van der Waals surface area contributed by atoms with E-state index < -0.39 is 11.7 Å². The van der Waals surface area contributed by atoms with Gasteiger partial charge in [-0.05, 0) is 39.8 Å². The normalized spacial score (nSPS) is 10.9. The number of carbonyl (C=O) groups excluding carboxylic acids is 1. The van der Waals surface area contributed by atoms with Gasteiger partial charge in [0.15, 0.2) is 0 Å². The van der Waals surface area contributed by atoms with E-state index in [4.69, 9.17) is 4.74 Å². The number of ether oxygens (including phenoxy) is 1. The van der Waals surface area contributed by atoms with Crippen molar-refractivity contribution in [2.24, 2.45) is 0 Å². The molecule has 15 heavy (non-hydrogen) atoms. The summed E-state index contributed by atoms with van der Waals surface area (Å²) >= 11 is 0. The second-order valence-electron chi connectivity index (χ2n) is 4.12. The Morgan fingerprint density at radius 3 is 2.73 bits per heavy atom. The molecule has 0 saturated heterocycles. The average Bonchev–Trinajstić information content (AvgIpc) is 2.05. The van der Waals surface area contributed by atoms with Crippen molar-refractivity contribution >= 4 is 11.8 Å². The molecule has 1 rings (SSSR count). The van der Waals surface area contributed by atoms with Crippen LogP contribution < -0.4 is 5.32 Å². The maximum absolute atomic E-state index is 11.4. The van der Waals surface area contributed by atoms with E-state index in [0.29, 0.717) is 11.4 Å². The summed E-state index contributed by atoms with van der Waals surface area (Å²) in [7, 11) is 0. The molecule has 0 spiro atoms. The summed E-state index contributed by atoms with van der Waals surface area (Å²) in [6, 6.07) is 3.45. The number of carbonyl (C=O) groups is 1. The second-order valence-corrected chi connectivity index (χ2v) is 4.12. The molecule has 4 heteroatoms. The van der Waals surface area contributed by atoms with Crippen LogP contribution in [0.3, 0.4) is 0 Å². The molecule has 1 aromatic rings. The Bertz CT molecular complexity index is 356. The molecule has 0 aromatic carbocycles. The zero-order chi connectivity index (χ0) is 11.5. The van der Waals surface area contributed by atoms with Gasteiger partial charge in [-0.3, -0.25) is 10.3 Å². The molecule has 1 heterocycles. The lowest BCUT2D eigenvalue weighted by molar-refractivity contribution is 0.0636. The van der Waals surface area contributed by atoms with E-state index in [-0.39, 0.29) is 0 Å². The minimum absolute atomic E-state index is 0.500. The summed E-state index contributed by atoms with van der Waals surface area (Å²) < 4.78 is 5.09. The first-order valence-corrected chi connectivity index (χ1v) is 4.65. The van der Waals surface area contributed by atoms with Crippen molar-refractivity contribution in [3.63, 3.8) is 0 Å². The zero-order valence-electron chi connectivity index (χ0n) is 9.20. The predicted octanol–water partition coefficient (Wildman–Crippen LogP) is 2.61. The number of amides is 1. The number of nitrogens with one attached hydrogen (secondary N) is 1. The minimum Gasteiger partial charge on any atom is -0.444 e. The first kappa shape index (κ1) is 11.5. The Morgan fingerprint density at radius 1 is 1.53 bits per heavy atom. The van der Waals surface area contributed by atoms with Gasteiger partial charge in [-0.1, -0.05) is 0 Å². The van der Waals surface area contributed by atoms with E-state index in [0.717, 1.165) is 0 Å². The van der Waals surface area contributed by atoms with Crippen LogP contribution in [0.25, 0.3) is 0 Å². The standard InChI is InChI=1S/C11H15N2O2/c1-8-9(6-5-7-12-8)13-10(14)15-11(2,3)4/h5-7H,1H2,2-4H3,(H,13,14). The number of aromatic nitrogens is 1. The van der Waals surface area contributed by atoms with E-state index in [1.165, 1.54) is 0 Å². The molecule has 0 unspecified atom stereocenters. The maximum Gasteiger partial charge on any atom is 0.412 e. The second kappa shape index (κ2) is 4.29. The maximum atomic E-state index is 11.4. The van der Waals surface area contributed by atoms with Crippen LogP contribution in [0.4, 0.5) is 10.5 Å². The van der Waals surface area contributed by atoms with Gasteiger partial charge in [0.2, 0.25) is 0 Å². The van der Waals surface area contributed by atoms with Crippen molar-refractivity contribution in [3.8, 4) is 0 Å². The van der Waals surface area contributed by atoms with Crippen molar-refractivity contribution in [1.29, 1.82) is 0 Å². The van der Waals surface area contributed by atoms with Crippen molar-refractivity contribution in [1.82, 2.24) is 4.98 Å². The van der Waals surface area contributed by atoms with Crippen LogP contribution in [-0.4, -0.2) is 16.7 Å². The van der Waals surface area contributed by atoms with Crippen LogP contribution in [0.15, 0.2) is 18.3 Å². The molecule has 0 atom stereocenters. The Labute approximate surface area is 89.7 Å². The quantitative estimate of drug-likeness (QED) is 0.770. The SMILES string of the molecule is [CH2]c1ncccc1NC(=O)OC(C)(C)C. The molecule has 0 bridgehead atoms. The molecule has 0 aliphatic heterocycles. The number of hydrogen-bond acceptors (Lipinski definition) is 3. The Kier molecular flexibility index (Phi) is 3.29. The monoisotopic (exact) mass is 207 g/mol. The summed E-state index contributed by atoms with van der Waals surface area (Å²) in [5.74, 6) is 0. The molecular formula is C11H15N2O2. The van der Waals surface area contributed by atoms with Crippen LogP contribution >= 0.6 is 0 Å². The molecule has 0 saturated carbocycles. The lowest BCUT2D eigenvalue weighted by atomic mass is 10.2. The average molecular weight is 207 g/mol. The van der Waals surface area contributed by atoms with Gasteiger partial charge < -0.3 is 4.74 Å². The number of nitrogens with zero attached hydrogens (tertiary/aromatic N) is 1. The van der Waals surface area contributed by atoms with Crippen molar-refractivity contribution in [3.05, 3.63) is 30.9 Å². The van der Waals surface area contributed by atoms with Crippen LogP contribution in [0.1, 0.15) is 26.5 Å². The molecular weight excluding hydrogens is 192 g/mol. The summed E-state index contributed by atoms with van der Waals surface area (Å²) in [5, 5.41) is 2.58. The van der Waals surface area contributed by atoms with Crippen LogP contribution in [-0.2, 0) is 4.74 Å². The first-order chi connectivity index (χ1) is 6.88. The Balaban J connectivity index is 2.64. The third-order valence-corrected chi connectivity index (χ3v) is 1.53.